The van der Waals surface area contributed by atoms with Gasteiger partial charge in [0.25, 0.3) is 5.91 Å². The maximum absolute atomic E-state index is 12.3. The second-order valence-electron chi connectivity index (χ2n) is 5.92. The van der Waals surface area contributed by atoms with Gasteiger partial charge in [-0.3, -0.25) is 9.59 Å². The van der Waals surface area contributed by atoms with Gasteiger partial charge in [-0.2, -0.15) is 0 Å². The molecule has 0 unspecified atom stereocenters. The Kier molecular flexibility index (Phi) is 4.52. The van der Waals surface area contributed by atoms with Gasteiger partial charge in [0.2, 0.25) is 18.2 Å². The highest BCUT2D eigenvalue weighted by Crippen LogP contribution is 2.31. The summed E-state index contributed by atoms with van der Waals surface area (Å²) in [5, 5.41) is 10.3. The van der Waals surface area contributed by atoms with Crippen molar-refractivity contribution in [1.29, 1.82) is 0 Å². The van der Waals surface area contributed by atoms with Crippen LogP contribution in [0.15, 0.2) is 59.3 Å². The fourth-order valence-electron chi connectivity index (χ4n) is 2.86. The van der Waals surface area contributed by atoms with Gasteiger partial charge in [-0.25, -0.2) is 0 Å². The molecule has 2 amide bonds. The van der Waals surface area contributed by atoms with Crippen molar-refractivity contribution >= 4 is 23.2 Å². The standard InChI is InChI=1S/C19H16N4O4/c24-17(21-14-5-3-4-13(10-14)19-22-20-12-27-19)8-9-23-15-6-1-2-7-16(15)26-11-18(23)25/h1-7,10,12H,8-9,11H2,(H,21,24). The molecule has 1 aliphatic rings. The molecule has 3 aromatic rings. The lowest BCUT2D eigenvalue weighted by atomic mass is 10.2. The quantitative estimate of drug-likeness (QED) is 0.747. The van der Waals surface area contributed by atoms with Crippen LogP contribution in [0.2, 0.25) is 0 Å². The minimum atomic E-state index is -0.200. The molecule has 1 aromatic heterocycles. The molecule has 0 saturated heterocycles. The number of hydrogen-bond acceptors (Lipinski definition) is 6. The number of carbonyl (C=O) groups is 2. The van der Waals surface area contributed by atoms with Crippen molar-refractivity contribution in [2.24, 2.45) is 0 Å². The molecule has 1 aliphatic heterocycles. The number of amides is 2. The lowest BCUT2D eigenvalue weighted by molar-refractivity contribution is -0.121. The minimum Gasteiger partial charge on any atom is -0.482 e. The molecule has 0 aliphatic carbocycles. The van der Waals surface area contributed by atoms with Crippen LogP contribution in [0, 0.1) is 0 Å². The van der Waals surface area contributed by atoms with Crippen LogP contribution >= 0.6 is 0 Å². The lowest BCUT2D eigenvalue weighted by Crippen LogP contribution is -2.40. The van der Waals surface area contributed by atoms with E-state index in [9.17, 15) is 9.59 Å². The Morgan fingerprint density at radius 2 is 2.07 bits per heavy atom. The summed E-state index contributed by atoms with van der Waals surface area (Å²) in [7, 11) is 0. The number of anilines is 2. The maximum atomic E-state index is 12.3. The number of nitrogens with one attached hydrogen (secondary N) is 1. The number of hydrogen-bond donors (Lipinski definition) is 1. The first-order chi connectivity index (χ1) is 13.2. The van der Waals surface area contributed by atoms with Crippen molar-refractivity contribution in [3.05, 3.63) is 54.9 Å². The van der Waals surface area contributed by atoms with Crippen molar-refractivity contribution in [2.75, 3.05) is 23.4 Å². The van der Waals surface area contributed by atoms with Crippen molar-refractivity contribution in [3.8, 4) is 17.2 Å². The van der Waals surface area contributed by atoms with Gasteiger partial charge in [0.15, 0.2) is 6.61 Å². The zero-order chi connectivity index (χ0) is 18.6. The predicted octanol–water partition coefficient (Wildman–Crippen LogP) is 2.49. The summed E-state index contributed by atoms with van der Waals surface area (Å²) in [6, 6.07) is 14.4. The summed E-state index contributed by atoms with van der Waals surface area (Å²) in [6.07, 6.45) is 1.41. The summed E-state index contributed by atoms with van der Waals surface area (Å²) >= 11 is 0. The lowest BCUT2D eigenvalue weighted by Gasteiger charge is -2.29. The number of carbonyl (C=O) groups excluding carboxylic acids is 2. The summed E-state index contributed by atoms with van der Waals surface area (Å²) in [5.74, 6) is 0.653. The van der Waals surface area contributed by atoms with Crippen LogP contribution in [0.25, 0.3) is 11.5 Å². The van der Waals surface area contributed by atoms with Crippen LogP contribution in [0.5, 0.6) is 5.75 Å². The Morgan fingerprint density at radius 3 is 2.93 bits per heavy atom. The minimum absolute atomic E-state index is 0.0230. The van der Waals surface area contributed by atoms with E-state index in [4.69, 9.17) is 9.15 Å². The second kappa shape index (κ2) is 7.28. The van der Waals surface area contributed by atoms with Crippen molar-refractivity contribution in [3.63, 3.8) is 0 Å². The maximum Gasteiger partial charge on any atom is 0.265 e. The van der Waals surface area contributed by atoms with Crippen molar-refractivity contribution in [2.45, 2.75) is 6.42 Å². The molecule has 8 heteroatoms. The Morgan fingerprint density at radius 1 is 1.19 bits per heavy atom. The molecule has 0 bridgehead atoms. The van der Waals surface area contributed by atoms with E-state index in [0.29, 0.717) is 28.6 Å². The summed E-state index contributed by atoms with van der Waals surface area (Å²) < 4.78 is 10.6. The molecular weight excluding hydrogens is 348 g/mol. The number of para-hydroxylation sites is 2. The first kappa shape index (κ1) is 16.8. The highest BCUT2D eigenvalue weighted by Gasteiger charge is 2.25. The molecule has 0 atom stereocenters. The van der Waals surface area contributed by atoms with E-state index in [2.05, 4.69) is 15.5 Å². The number of aromatic nitrogens is 2. The molecule has 2 aromatic carbocycles. The predicted molar refractivity (Wildman–Crippen MR) is 97.3 cm³/mol. The van der Waals surface area contributed by atoms with Crippen LogP contribution in [0.4, 0.5) is 11.4 Å². The monoisotopic (exact) mass is 364 g/mol. The van der Waals surface area contributed by atoms with E-state index in [0.717, 1.165) is 0 Å². The van der Waals surface area contributed by atoms with E-state index in [1.54, 1.807) is 35.2 Å². The molecule has 0 radical (unpaired) electrons. The Hall–Kier alpha value is -3.68. The summed E-state index contributed by atoms with van der Waals surface area (Å²) in [4.78, 5) is 26.1. The van der Waals surface area contributed by atoms with Gasteiger partial charge >= 0.3 is 0 Å². The SMILES string of the molecule is O=C(CCN1C(=O)COc2ccccc21)Nc1cccc(-c2nnco2)c1. The number of benzene rings is 2. The third-order valence-electron chi connectivity index (χ3n) is 4.12. The van der Waals surface area contributed by atoms with Crippen LogP contribution in [0.1, 0.15) is 6.42 Å². The molecule has 1 N–H and O–H groups in total. The molecule has 136 valence electrons. The summed E-state index contributed by atoms with van der Waals surface area (Å²) in [6.45, 7) is 0.249. The zero-order valence-corrected chi connectivity index (χ0v) is 14.3. The number of ether oxygens (including phenoxy) is 1. The topological polar surface area (TPSA) is 97.6 Å². The molecule has 0 spiro atoms. The molecule has 8 nitrogen and oxygen atoms in total. The smallest absolute Gasteiger partial charge is 0.265 e. The molecule has 0 fully saturated rings. The number of fused-ring (bicyclic) bond motifs is 1. The van der Waals surface area contributed by atoms with Crippen LogP contribution < -0.4 is 15.0 Å². The van der Waals surface area contributed by atoms with Crippen molar-refractivity contribution < 1.29 is 18.7 Å². The molecule has 4 rings (SSSR count). The third kappa shape index (κ3) is 3.64. The van der Waals surface area contributed by atoms with Gasteiger partial charge in [0.1, 0.15) is 5.75 Å². The normalized spacial score (nSPS) is 13.0. The fraction of sp³-hybridized carbons (Fsp3) is 0.158. The van der Waals surface area contributed by atoms with Crippen LogP contribution in [-0.4, -0.2) is 35.2 Å². The average molecular weight is 364 g/mol. The molecule has 2 heterocycles. The van der Waals surface area contributed by atoms with Gasteiger partial charge in [-0.05, 0) is 30.3 Å². The fourth-order valence-corrected chi connectivity index (χ4v) is 2.86. The number of nitrogens with zero attached hydrogens (tertiary/aromatic N) is 3. The van der Waals surface area contributed by atoms with Gasteiger partial charge in [-0.1, -0.05) is 18.2 Å². The zero-order valence-electron chi connectivity index (χ0n) is 14.3. The number of rotatable bonds is 5. The Bertz CT molecular complexity index is 971. The highest BCUT2D eigenvalue weighted by atomic mass is 16.5. The third-order valence-corrected chi connectivity index (χ3v) is 4.12. The van der Waals surface area contributed by atoms with Gasteiger partial charge < -0.3 is 19.4 Å². The largest absolute Gasteiger partial charge is 0.482 e. The van der Waals surface area contributed by atoms with Gasteiger partial charge in [0.05, 0.1) is 5.69 Å². The van der Waals surface area contributed by atoms with E-state index in [1.165, 1.54) is 6.39 Å². The molecular formula is C19H16N4O4. The van der Waals surface area contributed by atoms with Crippen LogP contribution in [0.3, 0.4) is 0 Å². The van der Waals surface area contributed by atoms with E-state index in [-0.39, 0.29) is 31.4 Å². The Balaban J connectivity index is 1.41. The van der Waals surface area contributed by atoms with Gasteiger partial charge in [-0.15, -0.1) is 10.2 Å². The molecule has 0 saturated carbocycles. The second-order valence-corrected chi connectivity index (χ2v) is 5.92. The Labute approximate surface area is 154 Å². The average Bonchev–Trinajstić information content (AvgIpc) is 3.22. The van der Waals surface area contributed by atoms with E-state index >= 15 is 0 Å². The van der Waals surface area contributed by atoms with Gasteiger partial charge in [0, 0.05) is 24.2 Å². The first-order valence-electron chi connectivity index (χ1n) is 8.39. The van der Waals surface area contributed by atoms with Crippen molar-refractivity contribution in [1.82, 2.24) is 10.2 Å². The highest BCUT2D eigenvalue weighted by molar-refractivity contribution is 5.99. The first-order valence-corrected chi connectivity index (χ1v) is 8.39. The summed E-state index contributed by atoms with van der Waals surface area (Å²) in [5.41, 5.74) is 2.01. The van der Waals surface area contributed by atoms with E-state index in [1.807, 2.05) is 18.2 Å². The molecule has 27 heavy (non-hydrogen) atoms. The van der Waals surface area contributed by atoms with Crippen LogP contribution in [-0.2, 0) is 9.59 Å². The van der Waals surface area contributed by atoms with E-state index < -0.39 is 0 Å².